The normalized spacial score (nSPS) is 22.5. The van der Waals surface area contributed by atoms with Crippen LogP contribution in [0.15, 0.2) is 22.8 Å². The molecule has 6 rings (SSSR count). The van der Waals surface area contributed by atoms with E-state index in [-0.39, 0.29) is 23.4 Å². The summed E-state index contributed by atoms with van der Waals surface area (Å²) >= 11 is 0. The third-order valence-electron chi connectivity index (χ3n) is 7.88. The Labute approximate surface area is 244 Å². The number of ether oxygens (including phenoxy) is 1. The summed E-state index contributed by atoms with van der Waals surface area (Å²) < 4.78 is 95.1. The van der Waals surface area contributed by atoms with Crippen molar-refractivity contribution in [2.45, 2.75) is 75.2 Å². The Morgan fingerprint density at radius 3 is 2.67 bits per heavy atom. The van der Waals surface area contributed by atoms with E-state index in [1.54, 1.807) is 23.5 Å². The molecule has 3 aliphatic rings. The van der Waals surface area contributed by atoms with Crippen molar-refractivity contribution in [2.75, 3.05) is 19.6 Å². The quantitative estimate of drug-likeness (QED) is 0.280. The van der Waals surface area contributed by atoms with Crippen LogP contribution in [0.3, 0.4) is 0 Å². The Morgan fingerprint density at radius 2 is 2.00 bits per heavy atom. The van der Waals surface area contributed by atoms with E-state index in [1.807, 2.05) is 0 Å². The van der Waals surface area contributed by atoms with Crippen molar-refractivity contribution < 1.29 is 43.6 Å². The number of alkyl halides is 5. The van der Waals surface area contributed by atoms with Gasteiger partial charge in [0.25, 0.3) is 11.8 Å². The predicted octanol–water partition coefficient (Wildman–Crippen LogP) is 4.76. The smallest absolute Gasteiger partial charge is 0.364 e. The van der Waals surface area contributed by atoms with Gasteiger partial charge in [0.1, 0.15) is 17.6 Å². The molecule has 43 heavy (non-hydrogen) atoms. The Hall–Kier alpha value is -3.82. The first-order valence-corrected chi connectivity index (χ1v) is 13.8. The largest absolute Gasteiger partial charge is 0.416 e. The zero-order chi connectivity index (χ0) is 32.5. The van der Waals surface area contributed by atoms with E-state index in [4.69, 9.17) is 12.1 Å². The molecular weight excluding hydrogens is 581 g/mol. The van der Waals surface area contributed by atoms with Gasteiger partial charge in [-0.25, -0.2) is 23.2 Å². The molecule has 1 aliphatic heterocycles. The topological polar surface area (TPSA) is 138 Å². The summed E-state index contributed by atoms with van der Waals surface area (Å²) in [6, 6.07) is 1.78. The second kappa shape index (κ2) is 10.4. The Balaban J connectivity index is 1.30. The summed E-state index contributed by atoms with van der Waals surface area (Å²) in [5.41, 5.74) is -1.12. The number of H-pyrrole nitrogens is 1. The van der Waals surface area contributed by atoms with Crippen LogP contribution < -0.4 is 10.6 Å². The summed E-state index contributed by atoms with van der Waals surface area (Å²) in [7, 11) is 0. The van der Waals surface area contributed by atoms with Crippen molar-refractivity contribution >= 4 is 23.0 Å². The minimum Gasteiger partial charge on any atom is -0.364 e. The minimum absolute atomic E-state index is 0.000448. The number of rotatable bonds is 10. The number of amides is 3. The van der Waals surface area contributed by atoms with E-state index in [1.165, 1.54) is 0 Å². The highest BCUT2D eigenvalue weighted by Gasteiger charge is 2.49. The lowest BCUT2D eigenvalue weighted by Crippen LogP contribution is -2.58. The molecular formula is C27H30F5N7O4. The van der Waals surface area contributed by atoms with Crippen LogP contribution in [-0.2, 0) is 4.74 Å². The van der Waals surface area contributed by atoms with E-state index < -0.39 is 61.4 Å². The number of carbonyl (C=O) groups is 2. The van der Waals surface area contributed by atoms with Gasteiger partial charge in [0.2, 0.25) is 0 Å². The molecule has 2 atom stereocenters. The number of nitrogens with zero attached hydrogens (tertiary/aromatic N) is 4. The van der Waals surface area contributed by atoms with Crippen LogP contribution in [-0.4, -0.2) is 74.5 Å². The lowest BCUT2D eigenvalue weighted by Gasteiger charge is -2.38. The van der Waals surface area contributed by atoms with Crippen molar-refractivity contribution in [2.24, 2.45) is 5.92 Å². The lowest BCUT2D eigenvalue weighted by atomic mass is 9.99. The van der Waals surface area contributed by atoms with Gasteiger partial charge in [-0.2, -0.15) is 13.2 Å². The van der Waals surface area contributed by atoms with Crippen LogP contribution in [0.5, 0.6) is 0 Å². The van der Waals surface area contributed by atoms with Crippen LogP contribution >= 0.6 is 0 Å². The molecule has 16 heteroatoms. The number of aromatic amines is 1. The molecule has 0 bridgehead atoms. The number of carbonyl (C=O) groups excluding carboxylic acids is 2. The number of halogens is 5. The Bertz CT molecular complexity index is 1620. The average Bonchev–Trinajstić information content (AvgIpc) is 3.87. The van der Waals surface area contributed by atoms with Gasteiger partial charge >= 0.3 is 12.2 Å². The molecule has 3 N–H and O–H groups in total. The highest BCUT2D eigenvalue weighted by atomic mass is 19.4. The summed E-state index contributed by atoms with van der Waals surface area (Å²) in [4.78, 5) is 34.4. The van der Waals surface area contributed by atoms with Crippen molar-refractivity contribution in [1.82, 2.24) is 35.8 Å². The van der Waals surface area contributed by atoms with Gasteiger partial charge in [0.05, 0.1) is 39.5 Å². The molecule has 11 nitrogen and oxygen atoms in total. The second-order valence-electron chi connectivity index (χ2n) is 11.7. The molecule has 1 saturated heterocycles. The summed E-state index contributed by atoms with van der Waals surface area (Å²) in [6.45, 7) is -3.26. The molecule has 3 aromatic rings. The Kier molecular flexibility index (Phi) is 6.49. The van der Waals surface area contributed by atoms with Gasteiger partial charge in [-0.15, -0.1) is 0 Å². The van der Waals surface area contributed by atoms with Crippen LogP contribution in [0.25, 0.3) is 11.0 Å². The van der Waals surface area contributed by atoms with E-state index in [0.29, 0.717) is 35.1 Å². The fraction of sp³-hybridized carbons (Fsp3) is 0.593. The molecule has 2 aliphatic carbocycles. The van der Waals surface area contributed by atoms with Crippen LogP contribution in [0, 0.1) is 5.92 Å². The highest BCUT2D eigenvalue weighted by molar-refractivity contribution is 5.93. The number of imidazole rings is 1. The van der Waals surface area contributed by atoms with Crippen LogP contribution in [0.1, 0.15) is 87.8 Å². The van der Waals surface area contributed by atoms with Gasteiger partial charge in [-0.05, 0) is 68.3 Å². The molecule has 0 spiro atoms. The van der Waals surface area contributed by atoms with Gasteiger partial charge in [0.15, 0.2) is 11.3 Å². The molecule has 2 aromatic heterocycles. The third kappa shape index (κ3) is 6.01. The molecule has 3 heterocycles. The molecule has 0 unspecified atom stereocenters. The zero-order valence-electron chi connectivity index (χ0n) is 25.1. The second-order valence-corrected chi connectivity index (χ2v) is 11.7. The fourth-order valence-corrected chi connectivity index (χ4v) is 5.04. The van der Waals surface area contributed by atoms with Gasteiger partial charge in [0, 0.05) is 5.92 Å². The number of hydrogen-bond acceptors (Lipinski definition) is 7. The standard InChI is InChI=1S/C27H30F5N7O4/c1-25(2,27(30,31)32)42-10-18(36-23(40)20-19(13-3-4-13)37-43-38-20)22-34-16-8-7-15(9-17(16)35-22)21(14-5-6-14)39-12-26(28,29)11-33-24(39)41/h7-9,13-14,18,21H,3-6,10-12H2,1-2H3,(H,33,41)(H,34,35)(H,36,40)/t18-,21+/m0/s1/i11D2. The maximum absolute atomic E-state index is 14.6. The molecule has 3 amide bonds. The van der Waals surface area contributed by atoms with Gasteiger partial charge in [-0.1, -0.05) is 11.2 Å². The van der Waals surface area contributed by atoms with E-state index in [0.717, 1.165) is 31.6 Å². The molecule has 1 aromatic carbocycles. The number of urea groups is 1. The first-order chi connectivity index (χ1) is 21.0. The van der Waals surface area contributed by atoms with Crippen molar-refractivity contribution in [3.8, 4) is 0 Å². The number of hydrogen-bond donors (Lipinski definition) is 3. The third-order valence-corrected chi connectivity index (χ3v) is 7.88. The van der Waals surface area contributed by atoms with Crippen molar-refractivity contribution in [3.63, 3.8) is 0 Å². The molecule has 0 radical (unpaired) electrons. The van der Waals surface area contributed by atoms with E-state index in [2.05, 4.69) is 25.6 Å². The number of fused-ring (bicyclic) bond motifs is 1. The number of nitrogens with one attached hydrogen (secondary N) is 3. The van der Waals surface area contributed by atoms with Gasteiger partial charge in [-0.3, -0.25) is 4.79 Å². The molecule has 2 saturated carbocycles. The van der Waals surface area contributed by atoms with E-state index >= 15 is 0 Å². The minimum atomic E-state index is -4.71. The predicted molar refractivity (Wildman–Crippen MR) is 139 cm³/mol. The lowest BCUT2D eigenvalue weighted by molar-refractivity contribution is -0.265. The number of benzene rings is 1. The summed E-state index contributed by atoms with van der Waals surface area (Å²) in [5, 5.41) is 11.8. The van der Waals surface area contributed by atoms with Crippen molar-refractivity contribution in [1.29, 1.82) is 0 Å². The first-order valence-electron chi connectivity index (χ1n) is 14.8. The average molecular weight is 614 g/mol. The van der Waals surface area contributed by atoms with Crippen LogP contribution in [0.4, 0.5) is 26.7 Å². The zero-order valence-corrected chi connectivity index (χ0v) is 23.1. The first kappa shape index (κ1) is 26.8. The summed E-state index contributed by atoms with van der Waals surface area (Å²) in [6.07, 6.45) is -1.81. The monoisotopic (exact) mass is 613 g/mol. The molecule has 232 valence electrons. The van der Waals surface area contributed by atoms with Crippen LogP contribution in [0.2, 0.25) is 0 Å². The van der Waals surface area contributed by atoms with Crippen molar-refractivity contribution in [3.05, 3.63) is 41.0 Å². The highest BCUT2D eigenvalue weighted by Crippen LogP contribution is 2.46. The number of aromatic nitrogens is 4. The molecule has 3 fully saturated rings. The van der Waals surface area contributed by atoms with Gasteiger partial charge < -0.3 is 25.3 Å². The maximum atomic E-state index is 14.6. The summed E-state index contributed by atoms with van der Waals surface area (Å²) in [5.74, 6) is -4.69. The fourth-order valence-electron chi connectivity index (χ4n) is 5.04. The maximum Gasteiger partial charge on any atom is 0.416 e. The van der Waals surface area contributed by atoms with E-state index in [9.17, 15) is 31.5 Å². The SMILES string of the molecule is [2H]C1([2H])NC(=O)N([C@@H](c2ccc3[nH]c([C@H](COC(C)(C)C(F)(F)F)NC(=O)c4nonc4C4CC4)nc3c2)C2CC2)CC1(F)F. The Morgan fingerprint density at radius 1 is 1.26 bits per heavy atom.